The molecule has 1 atom stereocenters. The third-order valence-corrected chi connectivity index (χ3v) is 4.45. The molecule has 0 saturated carbocycles. The lowest BCUT2D eigenvalue weighted by Crippen LogP contribution is -2.47. The second-order valence-corrected chi connectivity index (χ2v) is 6.70. The van der Waals surface area contributed by atoms with Crippen LogP contribution in [0.2, 0.25) is 5.02 Å². The number of hydrogen-bond donors (Lipinski definition) is 2. The highest BCUT2D eigenvalue weighted by atomic mass is 35.5. The van der Waals surface area contributed by atoms with Gasteiger partial charge in [0, 0.05) is 31.1 Å². The maximum Gasteiger partial charge on any atom is 0.191 e. The molecule has 140 valence electrons. The van der Waals surface area contributed by atoms with Gasteiger partial charge in [0.25, 0.3) is 0 Å². The lowest BCUT2D eigenvalue weighted by molar-refractivity contribution is 0.177. The molecule has 1 unspecified atom stereocenters. The largest absolute Gasteiger partial charge is 0.377 e. The molecule has 26 heavy (non-hydrogen) atoms. The van der Waals surface area contributed by atoms with E-state index in [1.807, 2.05) is 28.9 Å². The Morgan fingerprint density at radius 1 is 1.38 bits per heavy atom. The van der Waals surface area contributed by atoms with Crippen molar-refractivity contribution in [1.82, 2.24) is 25.4 Å². The second kappa shape index (κ2) is 9.00. The Morgan fingerprint density at radius 2 is 2.19 bits per heavy atom. The van der Waals surface area contributed by atoms with Crippen LogP contribution in [0, 0.1) is 0 Å². The van der Waals surface area contributed by atoms with Gasteiger partial charge in [-0.2, -0.15) is 5.10 Å². The zero-order chi connectivity index (χ0) is 18.4. The number of guanidine groups is 1. The fraction of sp³-hybridized carbons (Fsp3) is 0.500. The highest BCUT2D eigenvalue weighted by Crippen LogP contribution is 2.14. The number of benzene rings is 1. The van der Waals surface area contributed by atoms with Crippen molar-refractivity contribution in [3.05, 3.63) is 46.5 Å². The maximum absolute atomic E-state index is 5.93. The minimum atomic E-state index is 0.266. The molecule has 2 N–H and O–H groups in total. The summed E-state index contributed by atoms with van der Waals surface area (Å²) in [6, 6.07) is 8.03. The standard InChI is InChI=1S/C18H25ClN6O/c1-3-20-18(21-10-13-4-6-14(19)7-5-13)22-15-8-9-17-23-16(12-26-2)24-25(17)11-15/h4-7,15H,3,8-12H2,1-2H3,(H2,20,21,22). The van der Waals surface area contributed by atoms with Crippen molar-refractivity contribution in [3.63, 3.8) is 0 Å². The van der Waals surface area contributed by atoms with E-state index in [1.54, 1.807) is 7.11 Å². The van der Waals surface area contributed by atoms with Gasteiger partial charge < -0.3 is 15.4 Å². The van der Waals surface area contributed by atoms with E-state index in [-0.39, 0.29) is 6.04 Å². The summed E-state index contributed by atoms with van der Waals surface area (Å²) < 4.78 is 7.09. The van der Waals surface area contributed by atoms with Crippen LogP contribution in [0.4, 0.5) is 0 Å². The summed E-state index contributed by atoms with van der Waals surface area (Å²) in [6.45, 7) is 4.70. The van der Waals surface area contributed by atoms with E-state index in [0.29, 0.717) is 13.2 Å². The SMILES string of the molecule is CCNC(=NCc1ccc(Cl)cc1)NC1CCc2nc(COC)nn2C1. The summed E-state index contributed by atoms with van der Waals surface area (Å²) in [6.07, 6.45) is 1.89. The number of aryl methyl sites for hydroxylation is 1. The van der Waals surface area contributed by atoms with Gasteiger partial charge in [-0.15, -0.1) is 0 Å². The Kier molecular flexibility index (Phi) is 6.46. The van der Waals surface area contributed by atoms with E-state index in [1.165, 1.54) is 0 Å². The molecule has 0 fully saturated rings. The van der Waals surface area contributed by atoms with Crippen molar-refractivity contribution in [1.29, 1.82) is 0 Å². The molecule has 0 bridgehead atoms. The third kappa shape index (κ3) is 4.95. The number of rotatable bonds is 6. The van der Waals surface area contributed by atoms with Crippen LogP contribution < -0.4 is 10.6 Å². The zero-order valence-corrected chi connectivity index (χ0v) is 16.0. The number of halogens is 1. The smallest absolute Gasteiger partial charge is 0.191 e. The van der Waals surface area contributed by atoms with Crippen LogP contribution in [-0.4, -0.2) is 40.4 Å². The summed E-state index contributed by atoms with van der Waals surface area (Å²) in [7, 11) is 1.66. The second-order valence-electron chi connectivity index (χ2n) is 6.26. The van der Waals surface area contributed by atoms with Gasteiger partial charge in [0.1, 0.15) is 12.4 Å². The molecule has 3 rings (SSSR count). The Labute approximate surface area is 158 Å². The molecule has 8 heteroatoms. The quantitative estimate of drug-likeness (QED) is 0.596. The minimum absolute atomic E-state index is 0.266. The number of nitrogens with one attached hydrogen (secondary N) is 2. The van der Waals surface area contributed by atoms with Crippen LogP contribution >= 0.6 is 11.6 Å². The molecule has 1 aromatic heterocycles. The first-order valence-electron chi connectivity index (χ1n) is 8.88. The summed E-state index contributed by atoms with van der Waals surface area (Å²) in [4.78, 5) is 9.20. The van der Waals surface area contributed by atoms with Gasteiger partial charge in [0.15, 0.2) is 11.8 Å². The first-order valence-corrected chi connectivity index (χ1v) is 9.26. The van der Waals surface area contributed by atoms with Gasteiger partial charge in [0.05, 0.1) is 13.1 Å². The number of aliphatic imine (C=N–C) groups is 1. The average Bonchev–Trinajstić information content (AvgIpc) is 3.03. The minimum Gasteiger partial charge on any atom is -0.377 e. The van der Waals surface area contributed by atoms with E-state index >= 15 is 0 Å². The molecule has 0 amide bonds. The topological polar surface area (TPSA) is 76.4 Å². The van der Waals surface area contributed by atoms with E-state index in [0.717, 1.165) is 54.1 Å². The summed E-state index contributed by atoms with van der Waals surface area (Å²) >= 11 is 5.93. The molecule has 7 nitrogen and oxygen atoms in total. The Bertz CT molecular complexity index is 743. The van der Waals surface area contributed by atoms with Gasteiger partial charge in [-0.3, -0.25) is 0 Å². The summed E-state index contributed by atoms with van der Waals surface area (Å²) in [5.74, 6) is 2.58. The molecule has 0 radical (unpaired) electrons. The Morgan fingerprint density at radius 3 is 2.92 bits per heavy atom. The monoisotopic (exact) mass is 376 g/mol. The van der Waals surface area contributed by atoms with Crippen molar-refractivity contribution in [2.45, 2.75) is 45.5 Å². The first kappa shape index (κ1) is 18.7. The van der Waals surface area contributed by atoms with Gasteiger partial charge in [-0.1, -0.05) is 23.7 Å². The molecule has 1 aliphatic rings. The number of ether oxygens (including phenoxy) is 1. The van der Waals surface area contributed by atoms with E-state index in [9.17, 15) is 0 Å². The lowest BCUT2D eigenvalue weighted by atomic mass is 10.1. The van der Waals surface area contributed by atoms with Crippen LogP contribution in [0.1, 0.15) is 30.6 Å². The van der Waals surface area contributed by atoms with Crippen LogP contribution in [0.15, 0.2) is 29.3 Å². The lowest BCUT2D eigenvalue weighted by Gasteiger charge is -2.25. The van der Waals surface area contributed by atoms with Crippen LogP contribution in [-0.2, 0) is 30.9 Å². The van der Waals surface area contributed by atoms with Crippen LogP contribution in [0.25, 0.3) is 0 Å². The number of methoxy groups -OCH3 is 1. The third-order valence-electron chi connectivity index (χ3n) is 4.19. The molecule has 0 saturated heterocycles. The zero-order valence-electron chi connectivity index (χ0n) is 15.2. The highest BCUT2D eigenvalue weighted by Gasteiger charge is 2.22. The molecular formula is C18H25ClN6O. The van der Waals surface area contributed by atoms with Crippen molar-refractivity contribution in [3.8, 4) is 0 Å². The Balaban J connectivity index is 1.62. The predicted octanol–water partition coefficient (Wildman–Crippen LogP) is 2.15. The van der Waals surface area contributed by atoms with Gasteiger partial charge in [-0.05, 0) is 31.0 Å². The maximum atomic E-state index is 5.93. The molecule has 1 aliphatic heterocycles. The highest BCUT2D eigenvalue weighted by molar-refractivity contribution is 6.30. The molecule has 0 aliphatic carbocycles. The Hall–Kier alpha value is -2.12. The number of hydrogen-bond acceptors (Lipinski definition) is 4. The van der Waals surface area contributed by atoms with Crippen molar-refractivity contribution in [2.75, 3.05) is 13.7 Å². The van der Waals surface area contributed by atoms with Gasteiger partial charge in [0.2, 0.25) is 0 Å². The van der Waals surface area contributed by atoms with Gasteiger partial charge >= 0.3 is 0 Å². The molecule has 2 aromatic rings. The van der Waals surface area contributed by atoms with E-state index in [2.05, 4.69) is 32.6 Å². The van der Waals surface area contributed by atoms with Crippen LogP contribution in [0.5, 0.6) is 0 Å². The summed E-state index contributed by atoms with van der Waals surface area (Å²) in [5, 5.41) is 12.1. The number of aromatic nitrogens is 3. The fourth-order valence-electron chi connectivity index (χ4n) is 2.94. The number of nitrogens with zero attached hydrogens (tertiary/aromatic N) is 4. The molecule has 0 spiro atoms. The molecular weight excluding hydrogens is 352 g/mol. The van der Waals surface area contributed by atoms with Crippen LogP contribution in [0.3, 0.4) is 0 Å². The summed E-state index contributed by atoms with van der Waals surface area (Å²) in [5.41, 5.74) is 1.12. The fourth-order valence-corrected chi connectivity index (χ4v) is 3.07. The van der Waals surface area contributed by atoms with Crippen molar-refractivity contribution >= 4 is 17.6 Å². The molecule has 2 heterocycles. The van der Waals surface area contributed by atoms with E-state index in [4.69, 9.17) is 16.3 Å². The normalized spacial score (nSPS) is 17.0. The average molecular weight is 377 g/mol. The van der Waals surface area contributed by atoms with Crippen molar-refractivity contribution in [2.24, 2.45) is 4.99 Å². The first-order chi connectivity index (χ1) is 12.7. The predicted molar refractivity (Wildman–Crippen MR) is 102 cm³/mol. The van der Waals surface area contributed by atoms with Gasteiger partial charge in [-0.25, -0.2) is 14.7 Å². The number of fused-ring (bicyclic) bond motifs is 1. The van der Waals surface area contributed by atoms with Crippen molar-refractivity contribution < 1.29 is 4.74 Å². The van der Waals surface area contributed by atoms with E-state index < -0.39 is 0 Å². The molecule has 1 aromatic carbocycles.